The fourth-order valence-electron chi connectivity index (χ4n) is 3.07. The molecule has 0 aliphatic carbocycles. The lowest BCUT2D eigenvalue weighted by molar-refractivity contribution is -0.129. The molecule has 1 aromatic carbocycles. The van der Waals surface area contributed by atoms with Gasteiger partial charge < -0.3 is 14.8 Å². The molecule has 3 rings (SSSR count). The van der Waals surface area contributed by atoms with E-state index in [4.69, 9.17) is 0 Å². The number of hydrogen-bond donors (Lipinski definition) is 1. The Bertz CT molecular complexity index is 871. The number of anilines is 1. The maximum absolute atomic E-state index is 12.2. The molecular weight excluding hydrogens is 292 g/mol. The van der Waals surface area contributed by atoms with Crippen LogP contribution in [0.1, 0.15) is 18.1 Å². The van der Waals surface area contributed by atoms with Crippen LogP contribution >= 0.6 is 0 Å². The number of carbonyl (C=O) groups excluding carboxylic acids is 1. The van der Waals surface area contributed by atoms with E-state index in [9.17, 15) is 14.9 Å². The molecule has 1 aromatic heterocycles. The molecule has 6 heteroatoms. The molecule has 0 atom stereocenters. The third kappa shape index (κ3) is 2.66. The fourth-order valence-corrected chi connectivity index (χ4v) is 3.07. The highest BCUT2D eigenvalue weighted by molar-refractivity contribution is 5.95. The van der Waals surface area contributed by atoms with Gasteiger partial charge in [-0.2, -0.15) is 5.26 Å². The molecular formula is C17H18N4O2. The molecule has 1 N–H and O–H groups in total. The number of rotatable bonds is 1. The zero-order chi connectivity index (χ0) is 16.6. The Morgan fingerprint density at radius 1 is 1.26 bits per heavy atom. The number of aromatic nitrogens is 1. The van der Waals surface area contributed by atoms with E-state index < -0.39 is 0 Å². The van der Waals surface area contributed by atoms with E-state index in [0.717, 1.165) is 16.5 Å². The summed E-state index contributed by atoms with van der Waals surface area (Å²) in [4.78, 5) is 30.3. The van der Waals surface area contributed by atoms with Gasteiger partial charge >= 0.3 is 0 Å². The number of nitriles is 1. The number of amides is 1. The second-order valence-corrected chi connectivity index (χ2v) is 5.83. The van der Waals surface area contributed by atoms with Crippen LogP contribution in [0.15, 0.2) is 23.0 Å². The first-order chi connectivity index (χ1) is 11.0. The second kappa shape index (κ2) is 5.76. The Kier molecular flexibility index (Phi) is 3.78. The molecule has 1 amide bonds. The quantitative estimate of drug-likeness (QED) is 0.863. The van der Waals surface area contributed by atoms with E-state index in [2.05, 4.69) is 4.98 Å². The number of aryl methyl sites for hydroxylation is 1. The number of fused-ring (bicyclic) bond motifs is 1. The number of benzene rings is 1. The van der Waals surface area contributed by atoms with Gasteiger partial charge in [0.1, 0.15) is 11.6 Å². The maximum Gasteiger partial charge on any atom is 0.268 e. The van der Waals surface area contributed by atoms with Crippen LogP contribution in [-0.2, 0) is 4.79 Å². The summed E-state index contributed by atoms with van der Waals surface area (Å²) in [5.74, 6) is 0.0526. The summed E-state index contributed by atoms with van der Waals surface area (Å²) >= 11 is 0. The maximum atomic E-state index is 12.2. The molecule has 0 saturated carbocycles. The van der Waals surface area contributed by atoms with Crippen LogP contribution in [0.5, 0.6) is 0 Å². The number of nitrogens with zero attached hydrogens (tertiary/aromatic N) is 3. The van der Waals surface area contributed by atoms with Crippen molar-refractivity contribution in [2.45, 2.75) is 13.8 Å². The van der Waals surface area contributed by atoms with E-state index in [-0.39, 0.29) is 17.0 Å². The van der Waals surface area contributed by atoms with Crippen molar-refractivity contribution in [2.24, 2.45) is 0 Å². The Morgan fingerprint density at radius 2 is 1.96 bits per heavy atom. The normalized spacial score (nSPS) is 14.8. The average molecular weight is 310 g/mol. The lowest BCUT2D eigenvalue weighted by Crippen LogP contribution is -2.48. The van der Waals surface area contributed by atoms with Crippen LogP contribution in [0.25, 0.3) is 10.9 Å². The summed E-state index contributed by atoms with van der Waals surface area (Å²) in [6.45, 7) is 5.96. The van der Waals surface area contributed by atoms with E-state index in [0.29, 0.717) is 31.9 Å². The molecule has 0 unspecified atom stereocenters. The van der Waals surface area contributed by atoms with Gasteiger partial charge in [0.15, 0.2) is 0 Å². The smallest absolute Gasteiger partial charge is 0.268 e. The number of piperazine rings is 1. The van der Waals surface area contributed by atoms with Gasteiger partial charge in [-0.05, 0) is 19.1 Å². The molecule has 0 radical (unpaired) electrons. The van der Waals surface area contributed by atoms with E-state index >= 15 is 0 Å². The number of H-pyrrole nitrogens is 1. The summed E-state index contributed by atoms with van der Waals surface area (Å²) in [7, 11) is 0. The molecule has 118 valence electrons. The van der Waals surface area contributed by atoms with Crippen LogP contribution in [0.2, 0.25) is 0 Å². The number of nitrogens with one attached hydrogen (secondary N) is 1. The minimum atomic E-state index is -0.368. The van der Waals surface area contributed by atoms with E-state index in [1.165, 1.54) is 0 Å². The molecule has 23 heavy (non-hydrogen) atoms. The molecule has 2 heterocycles. The first-order valence-corrected chi connectivity index (χ1v) is 7.58. The van der Waals surface area contributed by atoms with Gasteiger partial charge in [0.25, 0.3) is 5.56 Å². The standard InChI is InChI=1S/C17H18N4O2/c1-11-3-4-15-13(9-11)16(14(10-18)17(23)19-15)21-7-5-20(6-8-21)12(2)22/h3-4,9H,5-8H2,1-2H3,(H,19,23). The molecule has 1 aliphatic rings. The van der Waals surface area contributed by atoms with Gasteiger partial charge in [0.2, 0.25) is 5.91 Å². The van der Waals surface area contributed by atoms with Crippen LogP contribution < -0.4 is 10.5 Å². The molecule has 0 spiro atoms. The van der Waals surface area contributed by atoms with Crippen molar-refractivity contribution in [1.29, 1.82) is 5.26 Å². The highest BCUT2D eigenvalue weighted by atomic mass is 16.2. The summed E-state index contributed by atoms with van der Waals surface area (Å²) in [6, 6.07) is 7.82. The number of carbonyl (C=O) groups is 1. The Hall–Kier alpha value is -2.81. The molecule has 1 aliphatic heterocycles. The van der Waals surface area contributed by atoms with Crippen LogP contribution in [0.4, 0.5) is 5.69 Å². The zero-order valence-electron chi connectivity index (χ0n) is 13.2. The van der Waals surface area contributed by atoms with E-state index in [1.54, 1.807) is 11.8 Å². The Labute approximate surface area is 133 Å². The molecule has 2 aromatic rings. The van der Waals surface area contributed by atoms with Crippen molar-refractivity contribution in [3.05, 3.63) is 39.7 Å². The number of aromatic amines is 1. The number of pyridine rings is 1. The van der Waals surface area contributed by atoms with Gasteiger partial charge in [0, 0.05) is 38.5 Å². The molecule has 1 fully saturated rings. The fraction of sp³-hybridized carbons (Fsp3) is 0.353. The minimum Gasteiger partial charge on any atom is -0.366 e. The summed E-state index contributed by atoms with van der Waals surface area (Å²) in [5.41, 5.74) is 2.24. The van der Waals surface area contributed by atoms with Crippen molar-refractivity contribution in [3.8, 4) is 6.07 Å². The van der Waals surface area contributed by atoms with Gasteiger partial charge in [-0.3, -0.25) is 9.59 Å². The zero-order valence-corrected chi connectivity index (χ0v) is 13.2. The van der Waals surface area contributed by atoms with Crippen molar-refractivity contribution in [1.82, 2.24) is 9.88 Å². The first-order valence-electron chi connectivity index (χ1n) is 7.58. The van der Waals surface area contributed by atoms with E-state index in [1.807, 2.05) is 36.1 Å². The second-order valence-electron chi connectivity index (χ2n) is 5.83. The largest absolute Gasteiger partial charge is 0.366 e. The third-order valence-corrected chi connectivity index (χ3v) is 4.30. The van der Waals surface area contributed by atoms with Crippen LogP contribution in [-0.4, -0.2) is 42.0 Å². The van der Waals surface area contributed by atoms with Gasteiger partial charge in [-0.25, -0.2) is 0 Å². The SMILES string of the molecule is CC(=O)N1CCN(c2c(C#N)c(=O)[nH]c3ccc(C)cc23)CC1. The molecule has 6 nitrogen and oxygen atoms in total. The third-order valence-electron chi connectivity index (χ3n) is 4.30. The van der Waals surface area contributed by atoms with Gasteiger partial charge in [-0.1, -0.05) is 11.6 Å². The number of hydrogen-bond acceptors (Lipinski definition) is 4. The first kappa shape index (κ1) is 15.1. The van der Waals surface area contributed by atoms with Gasteiger partial charge in [-0.15, -0.1) is 0 Å². The van der Waals surface area contributed by atoms with Crippen molar-refractivity contribution >= 4 is 22.5 Å². The van der Waals surface area contributed by atoms with Crippen molar-refractivity contribution in [3.63, 3.8) is 0 Å². The minimum absolute atomic E-state index is 0.0526. The predicted octanol–water partition coefficient (Wildman–Crippen LogP) is 1.38. The van der Waals surface area contributed by atoms with Crippen molar-refractivity contribution in [2.75, 3.05) is 31.1 Å². The molecule has 0 bridgehead atoms. The Morgan fingerprint density at radius 3 is 2.57 bits per heavy atom. The van der Waals surface area contributed by atoms with Crippen LogP contribution in [0.3, 0.4) is 0 Å². The molecule has 1 saturated heterocycles. The lowest BCUT2D eigenvalue weighted by atomic mass is 10.1. The predicted molar refractivity (Wildman–Crippen MR) is 88.5 cm³/mol. The lowest BCUT2D eigenvalue weighted by Gasteiger charge is -2.36. The monoisotopic (exact) mass is 310 g/mol. The van der Waals surface area contributed by atoms with Gasteiger partial charge in [0.05, 0.1) is 11.2 Å². The summed E-state index contributed by atoms with van der Waals surface area (Å²) in [6.07, 6.45) is 0. The highest BCUT2D eigenvalue weighted by Gasteiger charge is 2.24. The Balaban J connectivity index is 2.12. The summed E-state index contributed by atoms with van der Waals surface area (Å²) < 4.78 is 0. The topological polar surface area (TPSA) is 80.2 Å². The van der Waals surface area contributed by atoms with Crippen LogP contribution in [0, 0.1) is 18.3 Å². The highest BCUT2D eigenvalue weighted by Crippen LogP contribution is 2.29. The average Bonchev–Trinajstić information content (AvgIpc) is 2.54. The summed E-state index contributed by atoms with van der Waals surface area (Å²) in [5, 5.41) is 10.3. The van der Waals surface area contributed by atoms with Crippen molar-refractivity contribution < 1.29 is 4.79 Å².